The molecular formula is C13H15N3O5S. The van der Waals surface area contributed by atoms with Gasteiger partial charge in [0.05, 0.1) is 16.5 Å². The Morgan fingerprint density at radius 3 is 2.64 bits per heavy atom. The van der Waals surface area contributed by atoms with E-state index in [0.29, 0.717) is 10.9 Å². The van der Waals surface area contributed by atoms with Crippen molar-refractivity contribution in [2.75, 3.05) is 0 Å². The van der Waals surface area contributed by atoms with Crippen molar-refractivity contribution in [2.45, 2.75) is 24.0 Å². The Hall–Kier alpha value is -2.07. The number of aliphatic hydroxyl groups excluding tert-OH is 1. The minimum absolute atomic E-state index is 0.218. The van der Waals surface area contributed by atoms with E-state index in [1.54, 1.807) is 12.1 Å². The molecule has 9 heteroatoms. The fraction of sp³-hybridized carbons (Fsp3) is 0.231. The number of primary amides is 1. The van der Waals surface area contributed by atoms with Crippen molar-refractivity contribution in [3.8, 4) is 0 Å². The number of rotatable bonds is 5. The summed E-state index contributed by atoms with van der Waals surface area (Å²) in [4.78, 5) is 15.0. The van der Waals surface area contributed by atoms with Gasteiger partial charge in [0.2, 0.25) is 5.91 Å². The van der Waals surface area contributed by atoms with E-state index in [1.165, 1.54) is 24.4 Å². The van der Waals surface area contributed by atoms with Crippen LogP contribution in [0.1, 0.15) is 6.92 Å². The highest BCUT2D eigenvalue weighted by Gasteiger charge is 2.37. The number of carbonyl (C=O) groups excluding carboxylic acids is 1. The number of amides is 1. The van der Waals surface area contributed by atoms with Crippen molar-refractivity contribution in [2.24, 2.45) is 5.73 Å². The second kappa shape index (κ2) is 5.97. The highest BCUT2D eigenvalue weighted by Crippen LogP contribution is 2.21. The number of aliphatic hydroxyl groups is 1. The second-order valence-electron chi connectivity index (χ2n) is 4.72. The van der Waals surface area contributed by atoms with Crippen molar-refractivity contribution in [1.29, 1.82) is 0 Å². The minimum atomic E-state index is -4.43. The van der Waals surface area contributed by atoms with Gasteiger partial charge in [-0.25, -0.2) is 8.42 Å². The van der Waals surface area contributed by atoms with E-state index in [-0.39, 0.29) is 9.36 Å². The highest BCUT2D eigenvalue weighted by atomic mass is 32.2. The summed E-state index contributed by atoms with van der Waals surface area (Å²) < 4.78 is 24.5. The summed E-state index contributed by atoms with van der Waals surface area (Å²) in [5.41, 5.74) is 5.43. The van der Waals surface area contributed by atoms with E-state index in [1.807, 2.05) is 0 Å². The third-order valence-electron chi connectivity index (χ3n) is 3.11. The summed E-state index contributed by atoms with van der Waals surface area (Å²) in [6.07, 6.45) is 0.0214. The molecule has 0 aliphatic rings. The van der Waals surface area contributed by atoms with Gasteiger partial charge in [0.1, 0.15) is 0 Å². The van der Waals surface area contributed by atoms with Gasteiger partial charge < -0.3 is 10.8 Å². The molecule has 118 valence electrons. The molecule has 1 amide bonds. The Kier molecular flexibility index (Phi) is 4.42. The number of sulfonamides is 1. The molecule has 2 aromatic rings. The number of hydroxylamine groups is 1. The van der Waals surface area contributed by atoms with Gasteiger partial charge in [-0.3, -0.25) is 15.0 Å². The van der Waals surface area contributed by atoms with E-state index in [0.717, 1.165) is 6.92 Å². The molecule has 0 saturated carbocycles. The molecule has 1 aromatic heterocycles. The summed E-state index contributed by atoms with van der Waals surface area (Å²) in [5, 5.41) is 20.0. The maximum Gasteiger partial charge on any atom is 0.265 e. The lowest BCUT2D eigenvalue weighted by Crippen LogP contribution is -2.51. The lowest BCUT2D eigenvalue weighted by atomic mass is 10.2. The summed E-state index contributed by atoms with van der Waals surface area (Å²) in [6, 6.07) is 5.70. The van der Waals surface area contributed by atoms with Crippen LogP contribution in [0.4, 0.5) is 0 Å². The Morgan fingerprint density at radius 2 is 2.05 bits per heavy atom. The normalized spacial score (nSPS) is 14.9. The number of benzene rings is 1. The standard InChI is InChI=1S/C13H15N3O5S/c1-8(17)12(13(14)18)16(19)22(20,21)10-5-4-9-3-2-6-15-11(9)7-10/h2-8,12,17,19H,1H3,(H2,14,18). The van der Waals surface area contributed by atoms with E-state index in [9.17, 15) is 23.5 Å². The summed E-state index contributed by atoms with van der Waals surface area (Å²) in [6.45, 7) is 1.15. The third kappa shape index (κ3) is 2.92. The zero-order valence-electron chi connectivity index (χ0n) is 11.6. The Morgan fingerprint density at radius 1 is 1.36 bits per heavy atom. The van der Waals surface area contributed by atoms with Gasteiger partial charge in [0, 0.05) is 11.6 Å². The number of hydrogen-bond donors (Lipinski definition) is 3. The van der Waals surface area contributed by atoms with E-state index >= 15 is 0 Å². The molecule has 0 saturated heterocycles. The minimum Gasteiger partial charge on any atom is -0.391 e. The molecule has 2 rings (SSSR count). The fourth-order valence-corrected chi connectivity index (χ4v) is 3.29. The van der Waals surface area contributed by atoms with Gasteiger partial charge in [-0.05, 0) is 25.1 Å². The highest BCUT2D eigenvalue weighted by molar-refractivity contribution is 7.89. The van der Waals surface area contributed by atoms with Gasteiger partial charge in [-0.15, -0.1) is 0 Å². The Balaban J connectivity index is 2.49. The first-order chi connectivity index (χ1) is 10.2. The van der Waals surface area contributed by atoms with Crippen LogP contribution in [-0.4, -0.2) is 46.2 Å². The molecule has 0 aliphatic heterocycles. The fourth-order valence-electron chi connectivity index (χ4n) is 2.00. The molecule has 0 spiro atoms. The Labute approximate surface area is 126 Å². The summed E-state index contributed by atoms with van der Waals surface area (Å²) in [5.74, 6) is -1.17. The number of carbonyl (C=O) groups is 1. The van der Waals surface area contributed by atoms with E-state index in [2.05, 4.69) is 4.98 Å². The van der Waals surface area contributed by atoms with Crippen LogP contribution in [0.5, 0.6) is 0 Å². The number of nitrogens with two attached hydrogens (primary N) is 1. The summed E-state index contributed by atoms with van der Waals surface area (Å²) in [7, 11) is -4.43. The van der Waals surface area contributed by atoms with Crippen LogP contribution in [0.25, 0.3) is 10.9 Å². The molecule has 22 heavy (non-hydrogen) atoms. The first-order valence-corrected chi connectivity index (χ1v) is 7.74. The largest absolute Gasteiger partial charge is 0.391 e. The second-order valence-corrected chi connectivity index (χ2v) is 6.52. The third-order valence-corrected chi connectivity index (χ3v) is 4.68. The molecule has 1 heterocycles. The molecule has 4 N–H and O–H groups in total. The summed E-state index contributed by atoms with van der Waals surface area (Å²) >= 11 is 0. The number of nitrogens with zero attached hydrogens (tertiary/aromatic N) is 2. The molecule has 8 nitrogen and oxygen atoms in total. The molecule has 2 atom stereocenters. The SMILES string of the molecule is CC(O)C(C(N)=O)N(O)S(=O)(=O)c1ccc2cccnc2c1. The number of aromatic nitrogens is 1. The van der Waals surface area contributed by atoms with Crippen LogP contribution >= 0.6 is 0 Å². The van der Waals surface area contributed by atoms with Crippen LogP contribution in [0.3, 0.4) is 0 Å². The van der Waals surface area contributed by atoms with Gasteiger partial charge in [0.25, 0.3) is 10.0 Å². The molecule has 1 aromatic carbocycles. The predicted molar refractivity (Wildman–Crippen MR) is 77.2 cm³/mol. The topological polar surface area (TPSA) is 134 Å². The zero-order chi connectivity index (χ0) is 16.5. The zero-order valence-corrected chi connectivity index (χ0v) is 12.4. The number of fused-ring (bicyclic) bond motifs is 1. The maximum absolute atomic E-state index is 12.4. The van der Waals surface area contributed by atoms with Gasteiger partial charge in [-0.2, -0.15) is 0 Å². The van der Waals surface area contributed by atoms with Crippen molar-refractivity contribution in [3.05, 3.63) is 36.5 Å². The van der Waals surface area contributed by atoms with Gasteiger partial charge >= 0.3 is 0 Å². The average molecular weight is 325 g/mol. The van der Waals surface area contributed by atoms with Crippen LogP contribution in [0.15, 0.2) is 41.4 Å². The van der Waals surface area contributed by atoms with Crippen LogP contribution in [0, 0.1) is 0 Å². The lowest BCUT2D eigenvalue weighted by molar-refractivity contribution is -0.138. The Bertz CT molecular complexity index is 806. The van der Waals surface area contributed by atoms with E-state index < -0.39 is 28.1 Å². The predicted octanol–water partition coefficient (Wildman–Crippen LogP) is -0.151. The van der Waals surface area contributed by atoms with Gasteiger partial charge in [0.15, 0.2) is 6.04 Å². The quantitative estimate of drug-likeness (QED) is 0.655. The maximum atomic E-state index is 12.4. The molecule has 2 unspecified atom stereocenters. The van der Waals surface area contributed by atoms with Crippen LogP contribution < -0.4 is 5.73 Å². The van der Waals surface area contributed by atoms with Crippen molar-refractivity contribution < 1.29 is 23.5 Å². The lowest BCUT2D eigenvalue weighted by Gasteiger charge is -2.24. The average Bonchev–Trinajstić information content (AvgIpc) is 2.45. The molecule has 0 radical (unpaired) electrons. The van der Waals surface area contributed by atoms with Crippen LogP contribution in [-0.2, 0) is 14.8 Å². The first kappa shape index (κ1) is 16.3. The van der Waals surface area contributed by atoms with Crippen molar-refractivity contribution >= 4 is 26.8 Å². The number of pyridine rings is 1. The monoisotopic (exact) mass is 325 g/mol. The van der Waals surface area contributed by atoms with E-state index in [4.69, 9.17) is 5.73 Å². The van der Waals surface area contributed by atoms with Crippen LogP contribution in [0.2, 0.25) is 0 Å². The molecule has 0 bridgehead atoms. The van der Waals surface area contributed by atoms with Crippen molar-refractivity contribution in [3.63, 3.8) is 0 Å². The number of hydrogen-bond acceptors (Lipinski definition) is 6. The van der Waals surface area contributed by atoms with Crippen molar-refractivity contribution in [1.82, 2.24) is 9.45 Å². The molecule has 0 aliphatic carbocycles. The smallest absolute Gasteiger partial charge is 0.265 e. The molecular weight excluding hydrogens is 310 g/mol. The molecule has 0 fully saturated rings. The van der Waals surface area contributed by atoms with Gasteiger partial charge in [-0.1, -0.05) is 16.6 Å². The first-order valence-electron chi connectivity index (χ1n) is 6.30.